The lowest BCUT2D eigenvalue weighted by Gasteiger charge is -2.40. The van der Waals surface area contributed by atoms with E-state index < -0.39 is 4.75 Å². The number of thioether (sulfide) groups is 1. The minimum Gasteiger partial charge on any atom is -0.338 e. The van der Waals surface area contributed by atoms with Gasteiger partial charge in [0.2, 0.25) is 11.8 Å². The average molecular weight is 396 g/mol. The SMILES string of the molecule is Cc1ccccc1CN1CCN(C(=O)C2(C)Sc3ccccc3NC2=O)CC1. The van der Waals surface area contributed by atoms with E-state index >= 15 is 0 Å². The van der Waals surface area contributed by atoms with Gasteiger partial charge in [-0.2, -0.15) is 0 Å². The Morgan fingerprint density at radius 1 is 1.07 bits per heavy atom. The summed E-state index contributed by atoms with van der Waals surface area (Å²) in [7, 11) is 0. The number of hydrogen-bond donors (Lipinski definition) is 1. The van der Waals surface area contributed by atoms with Crippen LogP contribution in [-0.4, -0.2) is 52.5 Å². The monoisotopic (exact) mass is 395 g/mol. The maximum Gasteiger partial charge on any atom is 0.250 e. The van der Waals surface area contributed by atoms with Crippen LogP contribution in [0.5, 0.6) is 0 Å². The van der Waals surface area contributed by atoms with Crippen molar-refractivity contribution >= 4 is 29.3 Å². The molecule has 2 aromatic rings. The lowest BCUT2D eigenvalue weighted by atomic mass is 10.1. The number of fused-ring (bicyclic) bond motifs is 1. The van der Waals surface area contributed by atoms with Crippen molar-refractivity contribution in [2.45, 2.75) is 30.0 Å². The number of carbonyl (C=O) groups excluding carboxylic acids is 2. The quantitative estimate of drug-likeness (QED) is 0.812. The molecule has 2 aliphatic rings. The molecule has 1 unspecified atom stereocenters. The Kier molecular flexibility index (Phi) is 5.17. The first-order valence-corrected chi connectivity index (χ1v) is 10.4. The molecule has 6 heteroatoms. The molecule has 1 N–H and O–H groups in total. The van der Waals surface area contributed by atoms with E-state index in [1.807, 2.05) is 29.2 Å². The van der Waals surface area contributed by atoms with Crippen molar-refractivity contribution < 1.29 is 9.59 Å². The maximum atomic E-state index is 13.2. The van der Waals surface area contributed by atoms with Crippen LogP contribution in [0.25, 0.3) is 0 Å². The van der Waals surface area contributed by atoms with Crippen LogP contribution in [0.3, 0.4) is 0 Å². The molecule has 5 nitrogen and oxygen atoms in total. The summed E-state index contributed by atoms with van der Waals surface area (Å²) in [5.74, 6) is -0.330. The molecular weight excluding hydrogens is 370 g/mol. The number of hydrogen-bond acceptors (Lipinski definition) is 4. The molecule has 1 atom stereocenters. The zero-order chi connectivity index (χ0) is 19.7. The molecule has 2 heterocycles. The first-order valence-electron chi connectivity index (χ1n) is 9.63. The van der Waals surface area contributed by atoms with Crippen LogP contribution < -0.4 is 5.32 Å². The standard InChI is InChI=1S/C22H25N3O2S/c1-16-7-3-4-8-17(16)15-24-11-13-25(14-12-24)21(27)22(2)20(26)23-18-9-5-6-10-19(18)28-22/h3-10H,11-15H2,1-2H3,(H,23,26). The molecule has 2 aliphatic heterocycles. The fourth-order valence-corrected chi connectivity index (χ4v) is 4.92. The second-order valence-corrected chi connectivity index (χ2v) is 9.04. The normalized spacial score (nSPS) is 22.5. The van der Waals surface area contributed by atoms with Gasteiger partial charge in [0, 0.05) is 37.6 Å². The number of para-hydroxylation sites is 1. The molecule has 4 rings (SSSR count). The fraction of sp³-hybridized carbons (Fsp3) is 0.364. The van der Waals surface area contributed by atoms with E-state index in [4.69, 9.17) is 0 Å². The zero-order valence-electron chi connectivity index (χ0n) is 16.3. The summed E-state index contributed by atoms with van der Waals surface area (Å²) >= 11 is 1.36. The summed E-state index contributed by atoms with van der Waals surface area (Å²) in [5, 5.41) is 2.90. The molecular formula is C22H25N3O2S. The van der Waals surface area contributed by atoms with E-state index in [0.29, 0.717) is 13.1 Å². The Labute approximate surface area is 170 Å². The van der Waals surface area contributed by atoms with Gasteiger partial charge >= 0.3 is 0 Å². The topological polar surface area (TPSA) is 52.6 Å². The van der Waals surface area contributed by atoms with Crippen molar-refractivity contribution in [1.29, 1.82) is 0 Å². The van der Waals surface area contributed by atoms with Crippen molar-refractivity contribution in [3.63, 3.8) is 0 Å². The molecule has 2 aromatic carbocycles. The Morgan fingerprint density at radius 3 is 2.50 bits per heavy atom. The molecule has 0 aliphatic carbocycles. The minimum absolute atomic E-state index is 0.0972. The molecule has 0 aromatic heterocycles. The van der Waals surface area contributed by atoms with E-state index in [-0.39, 0.29) is 11.8 Å². The molecule has 28 heavy (non-hydrogen) atoms. The first kappa shape index (κ1) is 19.0. The van der Waals surface area contributed by atoms with Crippen LogP contribution in [0.4, 0.5) is 5.69 Å². The number of carbonyl (C=O) groups is 2. The highest BCUT2D eigenvalue weighted by atomic mass is 32.2. The third kappa shape index (κ3) is 3.54. The maximum absolute atomic E-state index is 13.2. The molecule has 1 fully saturated rings. The third-order valence-electron chi connectivity index (χ3n) is 5.61. The second kappa shape index (κ2) is 7.60. The van der Waals surface area contributed by atoms with E-state index in [2.05, 4.69) is 41.4 Å². The van der Waals surface area contributed by atoms with E-state index in [1.54, 1.807) is 6.92 Å². The van der Waals surface area contributed by atoms with Gasteiger partial charge in [-0.05, 0) is 37.1 Å². The van der Waals surface area contributed by atoms with Gasteiger partial charge in [-0.3, -0.25) is 14.5 Å². The lowest BCUT2D eigenvalue weighted by molar-refractivity contribution is -0.139. The van der Waals surface area contributed by atoms with Gasteiger partial charge in [0.05, 0.1) is 5.69 Å². The highest BCUT2D eigenvalue weighted by Gasteiger charge is 2.48. The highest BCUT2D eigenvalue weighted by molar-refractivity contribution is 8.02. The third-order valence-corrected chi connectivity index (χ3v) is 6.95. The lowest BCUT2D eigenvalue weighted by Crippen LogP contribution is -2.58. The van der Waals surface area contributed by atoms with Crippen LogP contribution in [0, 0.1) is 6.92 Å². The van der Waals surface area contributed by atoms with E-state index in [9.17, 15) is 9.59 Å². The number of aryl methyl sites for hydroxylation is 1. The molecule has 0 bridgehead atoms. The predicted molar refractivity (Wildman–Crippen MR) is 112 cm³/mol. The average Bonchev–Trinajstić information content (AvgIpc) is 2.70. The number of amides is 2. The predicted octanol–water partition coefficient (Wildman–Crippen LogP) is 3.14. The van der Waals surface area contributed by atoms with Gasteiger partial charge in [-0.25, -0.2) is 0 Å². The van der Waals surface area contributed by atoms with Crippen molar-refractivity contribution in [2.75, 3.05) is 31.5 Å². The van der Waals surface area contributed by atoms with E-state index in [1.165, 1.54) is 22.9 Å². The molecule has 146 valence electrons. The highest BCUT2D eigenvalue weighted by Crippen LogP contribution is 2.43. The van der Waals surface area contributed by atoms with Crippen LogP contribution in [-0.2, 0) is 16.1 Å². The summed E-state index contributed by atoms with van der Waals surface area (Å²) in [6.45, 7) is 7.70. The van der Waals surface area contributed by atoms with Gasteiger partial charge in [-0.15, -0.1) is 0 Å². The number of piperazine rings is 1. The Bertz CT molecular complexity index is 908. The Hall–Kier alpha value is -2.31. The summed E-state index contributed by atoms with van der Waals surface area (Å²) in [4.78, 5) is 31.1. The number of rotatable bonds is 3. The van der Waals surface area contributed by atoms with Crippen LogP contribution in [0.1, 0.15) is 18.1 Å². The summed E-state index contributed by atoms with van der Waals surface area (Å²) < 4.78 is -1.12. The van der Waals surface area contributed by atoms with Crippen molar-refractivity contribution in [3.05, 3.63) is 59.7 Å². The van der Waals surface area contributed by atoms with Gasteiger partial charge < -0.3 is 10.2 Å². The van der Waals surface area contributed by atoms with Gasteiger partial charge in [0.15, 0.2) is 4.75 Å². The minimum atomic E-state index is -1.12. The molecule has 2 amide bonds. The largest absolute Gasteiger partial charge is 0.338 e. The van der Waals surface area contributed by atoms with Gasteiger partial charge in [0.25, 0.3) is 0 Å². The van der Waals surface area contributed by atoms with Crippen LogP contribution >= 0.6 is 11.8 Å². The molecule has 0 spiro atoms. The fourth-order valence-electron chi connectivity index (χ4n) is 3.75. The van der Waals surface area contributed by atoms with Gasteiger partial charge in [0.1, 0.15) is 0 Å². The van der Waals surface area contributed by atoms with Gasteiger partial charge in [-0.1, -0.05) is 48.2 Å². The molecule has 0 radical (unpaired) electrons. The summed E-state index contributed by atoms with van der Waals surface area (Å²) in [6.07, 6.45) is 0. The smallest absolute Gasteiger partial charge is 0.250 e. The molecule has 1 saturated heterocycles. The first-order chi connectivity index (χ1) is 13.5. The van der Waals surface area contributed by atoms with Crippen molar-refractivity contribution in [3.8, 4) is 0 Å². The number of anilines is 1. The Balaban J connectivity index is 1.41. The second-order valence-electron chi connectivity index (χ2n) is 7.58. The number of nitrogens with zero attached hydrogens (tertiary/aromatic N) is 2. The number of nitrogens with one attached hydrogen (secondary N) is 1. The van der Waals surface area contributed by atoms with E-state index in [0.717, 1.165) is 30.2 Å². The molecule has 0 saturated carbocycles. The summed E-state index contributed by atoms with van der Waals surface area (Å²) in [6, 6.07) is 16.1. The van der Waals surface area contributed by atoms with Crippen LogP contribution in [0.15, 0.2) is 53.4 Å². The number of benzene rings is 2. The van der Waals surface area contributed by atoms with Crippen molar-refractivity contribution in [2.24, 2.45) is 0 Å². The van der Waals surface area contributed by atoms with Crippen molar-refractivity contribution in [1.82, 2.24) is 9.80 Å². The Morgan fingerprint density at radius 2 is 1.75 bits per heavy atom. The van der Waals surface area contributed by atoms with Crippen LogP contribution in [0.2, 0.25) is 0 Å². The summed E-state index contributed by atoms with van der Waals surface area (Å²) in [5.41, 5.74) is 3.40. The zero-order valence-corrected chi connectivity index (χ0v) is 17.1.